The molecule has 0 aromatic carbocycles. The molecule has 0 fully saturated rings. The van der Waals surface area contributed by atoms with Gasteiger partial charge in [0.15, 0.2) is 0 Å². The Kier molecular flexibility index (Phi) is 7.32. The Morgan fingerprint density at radius 3 is 1.61 bits per heavy atom. The van der Waals surface area contributed by atoms with Crippen molar-refractivity contribution in [2.75, 3.05) is 25.0 Å². The minimum absolute atomic E-state index is 1.38. The van der Waals surface area contributed by atoms with E-state index in [2.05, 4.69) is 60.0 Å². The van der Waals surface area contributed by atoms with E-state index in [1.807, 2.05) is 92.4 Å². The molecule has 0 saturated carbocycles. The highest BCUT2D eigenvalue weighted by molar-refractivity contribution is 7.99. The lowest BCUT2D eigenvalue weighted by Crippen LogP contribution is -1.71. The number of hydrogen-bond donors (Lipinski definition) is 0. The zero-order valence-electron chi connectivity index (χ0n) is 15.7. The van der Waals surface area contributed by atoms with E-state index in [4.69, 9.17) is 0 Å². The molecule has 0 amide bonds. The molecule has 4 aromatic heterocycles. The van der Waals surface area contributed by atoms with Crippen molar-refractivity contribution in [1.82, 2.24) is 0 Å². The molecular weight excluding hydrogens is 497 g/mol. The summed E-state index contributed by atoms with van der Waals surface area (Å²) in [6, 6.07) is 9.25. The van der Waals surface area contributed by atoms with Gasteiger partial charge in [-0.3, -0.25) is 0 Å². The van der Waals surface area contributed by atoms with Gasteiger partial charge in [0.1, 0.15) is 0 Å². The summed E-state index contributed by atoms with van der Waals surface area (Å²) in [6.07, 6.45) is 8.71. The van der Waals surface area contributed by atoms with Gasteiger partial charge in [0, 0.05) is 29.3 Å². The quantitative estimate of drug-likeness (QED) is 0.225. The zero-order valence-corrected chi connectivity index (χ0v) is 22.3. The first-order chi connectivity index (χ1) is 13.7. The van der Waals surface area contributed by atoms with Gasteiger partial charge in [-0.05, 0) is 60.0 Å². The van der Waals surface area contributed by atoms with E-state index in [0.29, 0.717) is 0 Å². The van der Waals surface area contributed by atoms with E-state index in [9.17, 15) is 0 Å². The highest BCUT2D eigenvalue weighted by Crippen LogP contribution is 2.52. The maximum absolute atomic E-state index is 2.40. The zero-order chi connectivity index (χ0) is 19.7. The Hall–Kier alpha value is 0.200. The van der Waals surface area contributed by atoms with Crippen molar-refractivity contribution in [3.63, 3.8) is 0 Å². The van der Waals surface area contributed by atoms with Crippen molar-refractivity contribution >= 4 is 92.4 Å². The molecule has 0 saturated heterocycles. The van der Waals surface area contributed by atoms with Crippen molar-refractivity contribution in [3.8, 4) is 29.3 Å². The lowest BCUT2D eigenvalue weighted by Gasteiger charge is -2.00. The van der Waals surface area contributed by atoms with Gasteiger partial charge >= 0.3 is 0 Å². The first-order valence-electron chi connectivity index (χ1n) is 8.29. The van der Waals surface area contributed by atoms with Crippen LogP contribution in [-0.2, 0) is 0 Å². The van der Waals surface area contributed by atoms with Crippen LogP contribution in [0.4, 0.5) is 0 Å². The predicted molar refractivity (Wildman–Crippen MR) is 141 cm³/mol. The molecule has 4 aromatic rings. The van der Waals surface area contributed by atoms with Crippen LogP contribution >= 0.6 is 92.4 Å². The van der Waals surface area contributed by atoms with Crippen molar-refractivity contribution in [2.24, 2.45) is 0 Å². The molecule has 4 heterocycles. The highest BCUT2D eigenvalue weighted by atomic mass is 32.2. The molecule has 0 unspecified atom stereocenters. The first-order valence-corrected chi connectivity index (χ1v) is 16.6. The van der Waals surface area contributed by atoms with Crippen LogP contribution in [0.1, 0.15) is 0 Å². The maximum atomic E-state index is 2.40. The summed E-state index contributed by atoms with van der Waals surface area (Å²) in [4.78, 5) is 14.0. The fraction of sp³-hybridized carbons (Fsp3) is 0.200. The standard InChI is InChI=1S/C20H18S8/c1-21-11-5-7-25-17(11)15-9-13(23-3)18(27-15)16-10-14(24-4)20(28-16)19-12(22-2)6-8-26-19/h5-10H,1-4H3. The minimum Gasteiger partial charge on any atom is -0.142 e. The monoisotopic (exact) mass is 514 g/mol. The molecule has 0 aliphatic heterocycles. The van der Waals surface area contributed by atoms with E-state index in [1.165, 1.54) is 48.8 Å². The largest absolute Gasteiger partial charge is 0.142 e. The van der Waals surface area contributed by atoms with E-state index in [-0.39, 0.29) is 0 Å². The molecule has 0 bridgehead atoms. The summed E-state index contributed by atoms with van der Waals surface area (Å²) < 4.78 is 0. The van der Waals surface area contributed by atoms with Crippen molar-refractivity contribution in [3.05, 3.63) is 35.0 Å². The molecule has 0 atom stereocenters. The summed E-state index contributed by atoms with van der Waals surface area (Å²) >= 11 is 15.0. The average Bonchev–Trinajstić information content (AvgIpc) is 3.50. The van der Waals surface area contributed by atoms with E-state index in [1.54, 1.807) is 0 Å². The third-order valence-electron chi connectivity index (χ3n) is 4.19. The fourth-order valence-corrected chi connectivity index (χ4v) is 11.1. The van der Waals surface area contributed by atoms with Gasteiger partial charge in [-0.2, -0.15) is 0 Å². The van der Waals surface area contributed by atoms with Crippen LogP contribution < -0.4 is 0 Å². The Morgan fingerprint density at radius 2 is 1.00 bits per heavy atom. The van der Waals surface area contributed by atoms with Crippen LogP contribution in [0.5, 0.6) is 0 Å². The second-order valence-corrected chi connectivity index (χ2v) is 13.0. The van der Waals surface area contributed by atoms with Crippen LogP contribution in [0.2, 0.25) is 0 Å². The van der Waals surface area contributed by atoms with Gasteiger partial charge in [-0.25, -0.2) is 0 Å². The summed E-state index contributed by atoms with van der Waals surface area (Å²) in [5, 5.41) is 4.41. The number of hydrogen-bond acceptors (Lipinski definition) is 8. The second kappa shape index (κ2) is 9.56. The van der Waals surface area contributed by atoms with E-state index < -0.39 is 0 Å². The van der Waals surface area contributed by atoms with Crippen molar-refractivity contribution < 1.29 is 0 Å². The average molecular weight is 515 g/mol. The van der Waals surface area contributed by atoms with Crippen LogP contribution in [0.3, 0.4) is 0 Å². The molecule has 8 heteroatoms. The Bertz CT molecular complexity index is 1080. The molecule has 0 N–H and O–H groups in total. The smallest absolute Gasteiger partial charge is 0.0596 e. The van der Waals surface area contributed by atoms with Crippen molar-refractivity contribution in [2.45, 2.75) is 19.6 Å². The highest BCUT2D eigenvalue weighted by Gasteiger charge is 2.20. The maximum Gasteiger partial charge on any atom is 0.0596 e. The molecule has 146 valence electrons. The van der Waals surface area contributed by atoms with Crippen LogP contribution in [-0.4, -0.2) is 25.0 Å². The second-order valence-electron chi connectivity index (χ2n) is 5.65. The SMILES string of the molecule is CSc1ccsc1-c1cc(SC)c(-c2cc(SC)c(-c3sccc3SC)s2)s1. The molecule has 28 heavy (non-hydrogen) atoms. The predicted octanol–water partition coefficient (Wildman–Crippen LogP) is 9.82. The first kappa shape index (κ1) is 21.4. The Labute approximate surface area is 199 Å². The summed E-state index contributed by atoms with van der Waals surface area (Å²) in [5.74, 6) is 0. The topological polar surface area (TPSA) is 0 Å². The number of rotatable bonds is 7. The molecule has 0 aliphatic rings. The van der Waals surface area contributed by atoms with Crippen LogP contribution in [0.25, 0.3) is 29.3 Å². The summed E-state index contributed by atoms with van der Waals surface area (Å²) in [5.41, 5.74) is 0. The van der Waals surface area contributed by atoms with Crippen molar-refractivity contribution in [1.29, 1.82) is 0 Å². The number of thiophene rings is 4. The minimum atomic E-state index is 1.38. The number of thioether (sulfide) groups is 4. The lowest BCUT2D eigenvalue weighted by atomic mass is 10.3. The molecule has 4 rings (SSSR count). The molecule has 0 nitrogen and oxygen atoms in total. The third-order valence-corrected chi connectivity index (χ3v) is 12.4. The van der Waals surface area contributed by atoms with E-state index in [0.717, 1.165) is 0 Å². The van der Waals surface area contributed by atoms with Gasteiger partial charge < -0.3 is 0 Å². The van der Waals surface area contributed by atoms with Gasteiger partial charge in [-0.15, -0.1) is 92.4 Å². The molecule has 0 spiro atoms. The Morgan fingerprint density at radius 1 is 0.536 bits per heavy atom. The molecular formula is C20H18S8. The fourth-order valence-electron chi connectivity index (χ4n) is 2.87. The summed E-state index contributed by atoms with van der Waals surface area (Å²) in [7, 11) is 0. The normalized spacial score (nSPS) is 11.4. The Balaban J connectivity index is 1.81. The van der Waals surface area contributed by atoms with Gasteiger partial charge in [0.2, 0.25) is 0 Å². The molecule has 0 aliphatic carbocycles. The van der Waals surface area contributed by atoms with Crippen LogP contribution in [0.15, 0.2) is 54.6 Å². The van der Waals surface area contributed by atoms with E-state index >= 15 is 0 Å². The van der Waals surface area contributed by atoms with Gasteiger partial charge in [0.25, 0.3) is 0 Å². The molecule has 0 radical (unpaired) electrons. The third kappa shape index (κ3) is 4.04. The van der Waals surface area contributed by atoms with Crippen LogP contribution in [0, 0.1) is 0 Å². The summed E-state index contributed by atoms with van der Waals surface area (Å²) in [6.45, 7) is 0. The lowest BCUT2D eigenvalue weighted by molar-refractivity contribution is 1.52. The van der Waals surface area contributed by atoms with Gasteiger partial charge in [-0.1, -0.05) is 0 Å². The van der Waals surface area contributed by atoms with Gasteiger partial charge in [0.05, 0.1) is 19.5 Å².